The van der Waals surface area contributed by atoms with E-state index in [4.69, 9.17) is 4.52 Å². The van der Waals surface area contributed by atoms with Gasteiger partial charge in [0, 0.05) is 50.3 Å². The summed E-state index contributed by atoms with van der Waals surface area (Å²) in [4.78, 5) is 19.9. The molecule has 1 aromatic heterocycles. The van der Waals surface area contributed by atoms with Gasteiger partial charge in [-0.05, 0) is 44.2 Å². The Hall–Kier alpha value is -2.70. The van der Waals surface area contributed by atoms with Gasteiger partial charge in [0.2, 0.25) is 11.7 Å². The molecular weight excluding hydrogens is 492 g/mol. The molecule has 2 saturated heterocycles. The van der Waals surface area contributed by atoms with E-state index in [1.807, 2.05) is 0 Å². The highest BCUT2D eigenvalue weighted by molar-refractivity contribution is 7.90. The Bertz CT molecular complexity index is 1180. The molecule has 8 nitrogen and oxygen atoms in total. The number of piperidine rings is 2. The number of aromatic nitrogens is 2. The van der Waals surface area contributed by atoms with Crippen molar-refractivity contribution < 1.29 is 35.3 Å². The first-order valence-electron chi connectivity index (χ1n) is 11.3. The Morgan fingerprint density at radius 2 is 1.74 bits per heavy atom. The van der Waals surface area contributed by atoms with Crippen LogP contribution in [0.2, 0.25) is 0 Å². The van der Waals surface area contributed by atoms with Gasteiger partial charge in [0.05, 0.1) is 4.90 Å². The van der Waals surface area contributed by atoms with E-state index in [0.29, 0.717) is 52.2 Å². The number of alkyl halides is 2. The second-order valence-electron chi connectivity index (χ2n) is 9.22. The minimum atomic E-state index is -3.77. The molecule has 13 heteroatoms. The third-order valence-electron chi connectivity index (χ3n) is 6.56. The molecule has 0 bridgehead atoms. The molecule has 1 aromatic carbocycles. The molecule has 3 heterocycles. The van der Waals surface area contributed by atoms with E-state index in [1.54, 1.807) is 9.80 Å². The molecule has 1 atom stereocenters. The van der Waals surface area contributed by atoms with Gasteiger partial charge in [-0.25, -0.2) is 17.2 Å². The van der Waals surface area contributed by atoms with Gasteiger partial charge in [-0.3, -0.25) is 4.79 Å². The van der Waals surface area contributed by atoms with Crippen LogP contribution in [-0.2, 0) is 27.0 Å². The number of amides is 1. The van der Waals surface area contributed by atoms with E-state index in [1.165, 1.54) is 0 Å². The quantitative estimate of drug-likeness (QED) is 0.542. The lowest BCUT2D eigenvalue weighted by atomic mass is 9.88. The number of hydrogen-bond acceptors (Lipinski definition) is 7. The second-order valence-corrected chi connectivity index (χ2v) is 11.2. The maximum atomic E-state index is 14.6. The molecule has 0 radical (unpaired) electrons. The molecule has 0 aliphatic carbocycles. The molecule has 0 spiro atoms. The third kappa shape index (κ3) is 5.44. The van der Waals surface area contributed by atoms with Crippen molar-refractivity contribution in [1.82, 2.24) is 15.0 Å². The van der Waals surface area contributed by atoms with Gasteiger partial charge >= 0.3 is 11.9 Å². The lowest BCUT2D eigenvalue weighted by molar-refractivity contribution is -0.141. The van der Waals surface area contributed by atoms with Crippen molar-refractivity contribution in [3.63, 3.8) is 0 Å². The van der Waals surface area contributed by atoms with Crippen molar-refractivity contribution in [3.05, 3.63) is 35.2 Å². The molecule has 0 N–H and O–H groups in total. The van der Waals surface area contributed by atoms with Crippen LogP contribution in [0.4, 0.5) is 23.6 Å². The SMILES string of the molecule is CC(F)(F)c1noc(N2CCC(N3CCC[C@H](Cc4c(F)cc(S(C)(=O)=O)cc4F)C3=O)CC2)n1. The summed E-state index contributed by atoms with van der Waals surface area (Å²) < 4.78 is 84.1. The van der Waals surface area contributed by atoms with Crippen LogP contribution >= 0.6 is 0 Å². The van der Waals surface area contributed by atoms with Crippen molar-refractivity contribution in [1.29, 1.82) is 0 Å². The fourth-order valence-electron chi connectivity index (χ4n) is 4.65. The van der Waals surface area contributed by atoms with Gasteiger partial charge in [0.15, 0.2) is 9.84 Å². The maximum Gasteiger partial charge on any atom is 0.324 e. The summed E-state index contributed by atoms with van der Waals surface area (Å²) in [7, 11) is -3.77. The second kappa shape index (κ2) is 9.40. The topological polar surface area (TPSA) is 96.6 Å². The van der Waals surface area contributed by atoms with Crippen LogP contribution in [0.1, 0.15) is 44.0 Å². The lowest BCUT2D eigenvalue weighted by Crippen LogP contribution is -2.52. The van der Waals surface area contributed by atoms with Crippen molar-refractivity contribution >= 4 is 21.8 Å². The molecule has 4 rings (SSSR count). The zero-order valence-corrected chi connectivity index (χ0v) is 20.1. The molecule has 192 valence electrons. The minimum Gasteiger partial charge on any atom is -0.339 e. The number of hydrogen-bond donors (Lipinski definition) is 0. The summed E-state index contributed by atoms with van der Waals surface area (Å²) in [6.07, 6.45) is 2.93. The summed E-state index contributed by atoms with van der Waals surface area (Å²) >= 11 is 0. The largest absolute Gasteiger partial charge is 0.339 e. The number of carbonyl (C=O) groups excluding carboxylic acids is 1. The van der Waals surface area contributed by atoms with E-state index < -0.39 is 44.0 Å². The number of sulfone groups is 1. The Morgan fingerprint density at radius 1 is 1.11 bits per heavy atom. The average Bonchev–Trinajstić information content (AvgIpc) is 3.28. The first-order chi connectivity index (χ1) is 16.3. The zero-order valence-electron chi connectivity index (χ0n) is 19.3. The summed E-state index contributed by atoms with van der Waals surface area (Å²) in [6, 6.07) is 1.46. The number of halogens is 4. The Morgan fingerprint density at radius 3 is 2.29 bits per heavy atom. The molecule has 1 amide bonds. The van der Waals surface area contributed by atoms with Crippen molar-refractivity contribution in [3.8, 4) is 0 Å². The average molecular weight is 519 g/mol. The van der Waals surface area contributed by atoms with Crippen molar-refractivity contribution in [2.75, 3.05) is 30.8 Å². The fourth-order valence-corrected chi connectivity index (χ4v) is 5.29. The maximum absolute atomic E-state index is 14.6. The van der Waals surface area contributed by atoms with Crippen LogP contribution < -0.4 is 4.90 Å². The lowest BCUT2D eigenvalue weighted by Gasteiger charge is -2.41. The van der Waals surface area contributed by atoms with Crippen molar-refractivity contribution in [2.45, 2.75) is 55.9 Å². The van der Waals surface area contributed by atoms with Crippen LogP contribution in [-0.4, -0.2) is 61.3 Å². The molecule has 2 aromatic rings. The van der Waals surface area contributed by atoms with Gasteiger partial charge in [0.25, 0.3) is 0 Å². The number of likely N-dealkylation sites (tertiary alicyclic amines) is 1. The predicted molar refractivity (Wildman–Crippen MR) is 117 cm³/mol. The zero-order chi connectivity index (χ0) is 25.5. The minimum absolute atomic E-state index is 0.00585. The van der Waals surface area contributed by atoms with Crippen LogP contribution in [0.5, 0.6) is 0 Å². The normalized spacial score (nSPS) is 20.5. The van der Waals surface area contributed by atoms with E-state index in [-0.39, 0.29) is 29.9 Å². The van der Waals surface area contributed by atoms with E-state index in [9.17, 15) is 30.8 Å². The number of nitrogens with zero attached hydrogens (tertiary/aromatic N) is 4. The number of anilines is 1. The highest BCUT2D eigenvalue weighted by Crippen LogP contribution is 2.31. The molecular formula is C22H26F4N4O4S. The Balaban J connectivity index is 1.41. The van der Waals surface area contributed by atoms with Gasteiger partial charge in [-0.15, -0.1) is 0 Å². The van der Waals surface area contributed by atoms with Crippen LogP contribution in [0, 0.1) is 17.6 Å². The summed E-state index contributed by atoms with van der Waals surface area (Å²) in [5.41, 5.74) is -0.299. The summed E-state index contributed by atoms with van der Waals surface area (Å²) in [5.74, 6) is -6.70. The third-order valence-corrected chi connectivity index (χ3v) is 7.65. The van der Waals surface area contributed by atoms with Gasteiger partial charge in [0.1, 0.15) is 11.6 Å². The summed E-state index contributed by atoms with van der Waals surface area (Å²) in [6.45, 7) is 2.05. The summed E-state index contributed by atoms with van der Waals surface area (Å²) in [5, 5.41) is 3.33. The fraction of sp³-hybridized carbons (Fsp3) is 0.591. The molecule has 2 fully saturated rings. The first-order valence-corrected chi connectivity index (χ1v) is 13.2. The monoisotopic (exact) mass is 518 g/mol. The number of rotatable bonds is 6. The molecule has 0 unspecified atom stereocenters. The van der Waals surface area contributed by atoms with E-state index in [0.717, 1.165) is 18.4 Å². The standard InChI is InChI=1S/C22H26F4N4O4S/c1-22(25,26)20-27-21(34-28-20)29-8-5-14(6-9-29)30-7-3-4-13(19(30)31)10-16-17(23)11-15(12-18(16)24)35(2,32)33/h11-14H,3-10H2,1-2H3/t13-/m1/s1. The number of carbonyl (C=O) groups is 1. The van der Waals surface area contributed by atoms with Gasteiger partial charge in [-0.1, -0.05) is 5.16 Å². The smallest absolute Gasteiger partial charge is 0.324 e. The molecule has 2 aliphatic rings. The van der Waals surface area contributed by atoms with Crippen LogP contribution in [0.15, 0.2) is 21.6 Å². The Kier molecular flexibility index (Phi) is 6.82. The van der Waals surface area contributed by atoms with Crippen LogP contribution in [0.25, 0.3) is 0 Å². The number of benzene rings is 1. The van der Waals surface area contributed by atoms with Crippen molar-refractivity contribution in [2.24, 2.45) is 5.92 Å². The molecule has 0 saturated carbocycles. The predicted octanol–water partition coefficient (Wildman–Crippen LogP) is 3.31. The highest BCUT2D eigenvalue weighted by atomic mass is 32.2. The highest BCUT2D eigenvalue weighted by Gasteiger charge is 2.37. The van der Waals surface area contributed by atoms with E-state index in [2.05, 4.69) is 10.1 Å². The molecule has 35 heavy (non-hydrogen) atoms. The Labute approximate surface area is 200 Å². The van der Waals surface area contributed by atoms with E-state index >= 15 is 0 Å². The van der Waals surface area contributed by atoms with Gasteiger partial charge < -0.3 is 14.3 Å². The first kappa shape index (κ1) is 25.4. The molecule has 2 aliphatic heterocycles. The van der Waals surface area contributed by atoms with Crippen LogP contribution in [0.3, 0.4) is 0 Å². The van der Waals surface area contributed by atoms with Gasteiger partial charge in [-0.2, -0.15) is 13.8 Å².